The van der Waals surface area contributed by atoms with Crippen LogP contribution in [0.25, 0.3) is 10.9 Å². The van der Waals surface area contributed by atoms with Crippen LogP contribution in [-0.4, -0.2) is 96.7 Å². The monoisotopic (exact) mass is 549 g/mol. The maximum absolute atomic E-state index is 12.8. The van der Waals surface area contributed by atoms with Gasteiger partial charge in [-0.25, -0.2) is 5.01 Å². The van der Waals surface area contributed by atoms with E-state index < -0.39 is 23.9 Å². The normalized spacial score (nSPS) is 12.0. The van der Waals surface area contributed by atoms with E-state index in [1.165, 1.54) is 0 Å². The molecule has 216 valence electrons. The minimum Gasteiger partial charge on any atom is -0.481 e. The predicted molar refractivity (Wildman–Crippen MR) is 143 cm³/mol. The molecule has 0 saturated heterocycles. The van der Waals surface area contributed by atoms with Crippen LogP contribution in [0.15, 0.2) is 30.3 Å². The average molecular weight is 550 g/mol. The number of hydrogen-bond acceptors (Lipinski definition) is 8. The number of carboxylic acids is 2. The van der Waals surface area contributed by atoms with Crippen molar-refractivity contribution >= 4 is 34.7 Å². The summed E-state index contributed by atoms with van der Waals surface area (Å²) in [5.74, 6) is -2.86. The Hall–Kier alpha value is -3.52. The SMILES string of the molecule is CNN(C)Cc1cc2ccccc2n1CCC(=O)NC(CCC(=O)O)C(=O)NCCOCCOCCC(=O)O. The predicted octanol–water partition coefficient (Wildman–Crippen LogP) is 0.571. The Morgan fingerprint density at radius 1 is 0.974 bits per heavy atom. The van der Waals surface area contributed by atoms with E-state index in [1.807, 2.05) is 43.4 Å². The first-order valence-corrected chi connectivity index (χ1v) is 12.8. The van der Waals surface area contributed by atoms with E-state index in [2.05, 4.69) is 26.7 Å². The number of nitrogens with one attached hydrogen (secondary N) is 3. The molecule has 13 nitrogen and oxygen atoms in total. The molecule has 39 heavy (non-hydrogen) atoms. The minimum atomic E-state index is -1.06. The van der Waals surface area contributed by atoms with Gasteiger partial charge in [0, 0.05) is 44.2 Å². The van der Waals surface area contributed by atoms with Crippen molar-refractivity contribution in [3.63, 3.8) is 0 Å². The molecule has 2 amide bonds. The number of para-hydroxylation sites is 1. The summed E-state index contributed by atoms with van der Waals surface area (Å²) in [5.41, 5.74) is 5.08. The van der Waals surface area contributed by atoms with Crippen LogP contribution in [0.2, 0.25) is 0 Å². The van der Waals surface area contributed by atoms with Gasteiger partial charge < -0.3 is 34.9 Å². The van der Waals surface area contributed by atoms with Crippen molar-refractivity contribution < 1.29 is 38.9 Å². The Morgan fingerprint density at radius 3 is 2.36 bits per heavy atom. The van der Waals surface area contributed by atoms with Crippen LogP contribution in [0, 0.1) is 0 Å². The summed E-state index contributed by atoms with van der Waals surface area (Å²) < 4.78 is 12.5. The van der Waals surface area contributed by atoms with Gasteiger partial charge in [0.05, 0.1) is 39.4 Å². The molecule has 0 aliphatic rings. The molecule has 0 saturated carbocycles. The summed E-state index contributed by atoms with van der Waals surface area (Å²) in [6, 6.07) is 8.98. The Morgan fingerprint density at radius 2 is 1.67 bits per heavy atom. The van der Waals surface area contributed by atoms with Crippen molar-refractivity contribution in [1.82, 2.24) is 25.6 Å². The van der Waals surface area contributed by atoms with Crippen LogP contribution in [0.3, 0.4) is 0 Å². The lowest BCUT2D eigenvalue weighted by Gasteiger charge is -2.19. The smallest absolute Gasteiger partial charge is 0.305 e. The molecule has 2 rings (SSSR count). The zero-order valence-corrected chi connectivity index (χ0v) is 22.5. The summed E-state index contributed by atoms with van der Waals surface area (Å²) >= 11 is 0. The molecule has 0 fully saturated rings. The summed E-state index contributed by atoms with van der Waals surface area (Å²) in [4.78, 5) is 47.0. The van der Waals surface area contributed by atoms with Crippen molar-refractivity contribution in [1.29, 1.82) is 0 Å². The molecular weight excluding hydrogens is 510 g/mol. The molecule has 1 unspecified atom stereocenters. The van der Waals surface area contributed by atoms with Crippen molar-refractivity contribution in [2.45, 2.75) is 44.8 Å². The summed E-state index contributed by atoms with van der Waals surface area (Å²) in [6.07, 6.45) is -0.297. The molecule has 5 N–H and O–H groups in total. The third-order valence-corrected chi connectivity index (χ3v) is 5.92. The van der Waals surface area contributed by atoms with Crippen LogP contribution in [0.1, 0.15) is 31.4 Å². The standard InChI is InChI=1S/C26H39N5O8/c1-27-30(2)18-20-17-19-5-3-4-6-22(19)31(20)12-9-23(32)29-21(7-8-24(33)34)26(37)28-11-14-39-16-15-38-13-10-25(35)36/h3-6,17,21,27H,7-16,18H2,1-2H3,(H,28,37)(H,29,32)(H,33,34)(H,35,36). The van der Waals surface area contributed by atoms with Gasteiger partial charge in [-0.15, -0.1) is 0 Å². The lowest BCUT2D eigenvalue weighted by Crippen LogP contribution is -2.47. The molecule has 0 spiro atoms. The molecule has 1 atom stereocenters. The van der Waals surface area contributed by atoms with E-state index in [0.717, 1.165) is 16.6 Å². The fourth-order valence-corrected chi connectivity index (χ4v) is 3.85. The highest BCUT2D eigenvalue weighted by molar-refractivity contribution is 5.88. The highest BCUT2D eigenvalue weighted by Gasteiger charge is 2.22. The first-order chi connectivity index (χ1) is 18.7. The highest BCUT2D eigenvalue weighted by Crippen LogP contribution is 2.21. The molecule has 0 bridgehead atoms. The van der Waals surface area contributed by atoms with Crippen molar-refractivity contribution in [3.8, 4) is 0 Å². The number of hydrogen-bond donors (Lipinski definition) is 5. The zero-order chi connectivity index (χ0) is 28.6. The van der Waals surface area contributed by atoms with Crippen LogP contribution in [-0.2, 0) is 41.7 Å². The van der Waals surface area contributed by atoms with E-state index in [0.29, 0.717) is 13.1 Å². The third kappa shape index (κ3) is 11.8. The van der Waals surface area contributed by atoms with Crippen molar-refractivity contribution in [2.24, 2.45) is 0 Å². The number of carbonyl (C=O) groups excluding carboxylic acids is 2. The van der Waals surface area contributed by atoms with Gasteiger partial charge in [-0.2, -0.15) is 0 Å². The van der Waals surface area contributed by atoms with Crippen molar-refractivity contribution in [3.05, 3.63) is 36.0 Å². The number of aryl methyl sites for hydroxylation is 1. The quantitative estimate of drug-likeness (QED) is 0.116. The minimum absolute atomic E-state index is 0.0458. The second kappa shape index (κ2) is 17.1. The Kier molecular flexibility index (Phi) is 13.9. The van der Waals surface area contributed by atoms with Gasteiger partial charge in [0.15, 0.2) is 0 Å². The van der Waals surface area contributed by atoms with Crippen LogP contribution >= 0.6 is 0 Å². The molecule has 1 aromatic carbocycles. The number of hydrazine groups is 1. The number of amides is 2. The van der Waals surface area contributed by atoms with E-state index in [4.69, 9.17) is 19.7 Å². The van der Waals surface area contributed by atoms with Gasteiger partial charge in [-0.3, -0.25) is 24.6 Å². The second-order valence-corrected chi connectivity index (χ2v) is 8.89. The third-order valence-electron chi connectivity index (χ3n) is 5.92. The first kappa shape index (κ1) is 31.7. The van der Waals surface area contributed by atoms with E-state index in [-0.39, 0.29) is 64.6 Å². The van der Waals surface area contributed by atoms with Gasteiger partial charge in [0.1, 0.15) is 6.04 Å². The first-order valence-electron chi connectivity index (χ1n) is 12.8. The van der Waals surface area contributed by atoms with Gasteiger partial charge >= 0.3 is 11.9 Å². The van der Waals surface area contributed by atoms with Crippen LogP contribution in [0.5, 0.6) is 0 Å². The van der Waals surface area contributed by atoms with E-state index >= 15 is 0 Å². The lowest BCUT2D eigenvalue weighted by molar-refractivity contribution is -0.139. The maximum atomic E-state index is 12.8. The zero-order valence-electron chi connectivity index (χ0n) is 22.5. The largest absolute Gasteiger partial charge is 0.481 e. The molecule has 0 aliphatic heterocycles. The highest BCUT2D eigenvalue weighted by atomic mass is 16.5. The van der Waals surface area contributed by atoms with Crippen LogP contribution in [0.4, 0.5) is 0 Å². The number of rotatable bonds is 20. The van der Waals surface area contributed by atoms with Gasteiger partial charge in [-0.1, -0.05) is 18.2 Å². The number of aliphatic carboxylic acids is 2. The second-order valence-electron chi connectivity index (χ2n) is 8.89. The number of nitrogens with zero attached hydrogens (tertiary/aromatic N) is 2. The fraction of sp³-hybridized carbons (Fsp3) is 0.538. The van der Waals surface area contributed by atoms with Crippen molar-refractivity contribution in [2.75, 3.05) is 47.1 Å². The number of carbonyl (C=O) groups is 4. The molecular formula is C26H39N5O8. The summed E-state index contributed by atoms with van der Waals surface area (Å²) in [7, 11) is 3.75. The van der Waals surface area contributed by atoms with Crippen LogP contribution < -0.4 is 16.1 Å². The summed E-state index contributed by atoms with van der Waals surface area (Å²) in [5, 5.41) is 25.9. The number of ether oxygens (including phenoxy) is 2. The van der Waals surface area contributed by atoms with E-state index in [1.54, 1.807) is 0 Å². The van der Waals surface area contributed by atoms with E-state index in [9.17, 15) is 19.2 Å². The lowest BCUT2D eigenvalue weighted by atomic mass is 10.1. The van der Waals surface area contributed by atoms with Gasteiger partial charge in [0.25, 0.3) is 0 Å². The molecule has 1 heterocycles. The van der Waals surface area contributed by atoms with Gasteiger partial charge in [-0.05, 0) is 31.0 Å². The average Bonchev–Trinajstić information content (AvgIpc) is 3.24. The molecule has 0 aliphatic carbocycles. The number of carboxylic acid groups (broad SMARTS) is 2. The number of benzene rings is 1. The number of aromatic nitrogens is 1. The molecule has 0 radical (unpaired) electrons. The summed E-state index contributed by atoms with van der Waals surface area (Å²) in [6.45, 7) is 1.89. The fourth-order valence-electron chi connectivity index (χ4n) is 3.85. The molecule has 2 aromatic rings. The van der Waals surface area contributed by atoms with Gasteiger partial charge in [0.2, 0.25) is 11.8 Å². The molecule has 1 aromatic heterocycles. The Bertz CT molecular complexity index is 1090. The topological polar surface area (TPSA) is 171 Å². The molecule has 13 heteroatoms. The maximum Gasteiger partial charge on any atom is 0.305 e. The Labute approximate surface area is 227 Å². The Balaban J connectivity index is 1.87. The number of fused-ring (bicyclic) bond motifs is 1.